The van der Waals surface area contributed by atoms with Gasteiger partial charge in [0.2, 0.25) is 0 Å². The largest absolute Gasteiger partial charge is 0.300 e. The fraction of sp³-hybridized carbons (Fsp3) is 0.385. The summed E-state index contributed by atoms with van der Waals surface area (Å²) in [5, 5.41) is 3.25. The van der Waals surface area contributed by atoms with Crippen LogP contribution in [0.5, 0.6) is 0 Å². The molecule has 0 aliphatic heterocycles. The van der Waals surface area contributed by atoms with Gasteiger partial charge in [-0.25, -0.2) is 0 Å². The summed E-state index contributed by atoms with van der Waals surface area (Å²) in [7, 11) is 0. The Kier molecular flexibility index (Phi) is 4.22. The summed E-state index contributed by atoms with van der Waals surface area (Å²) >= 11 is 0. The number of aryl methyl sites for hydroxylation is 1. The van der Waals surface area contributed by atoms with Gasteiger partial charge in [0.15, 0.2) is 0 Å². The molecule has 1 unspecified atom stereocenters. The zero-order chi connectivity index (χ0) is 10.4. The fourth-order valence-corrected chi connectivity index (χ4v) is 1.22. The molecule has 1 atom stereocenters. The zero-order valence-corrected chi connectivity index (χ0v) is 8.88. The Morgan fingerprint density at radius 1 is 1.29 bits per heavy atom. The van der Waals surface area contributed by atoms with Crippen LogP contribution in [0, 0.1) is 12.3 Å². The Balaban J connectivity index is 2.48. The lowest BCUT2D eigenvalue weighted by molar-refractivity contribution is 0.648. The smallest absolute Gasteiger partial charge is 0.0660 e. The molecule has 0 saturated heterocycles. The van der Waals surface area contributed by atoms with Gasteiger partial charge in [0.1, 0.15) is 0 Å². The second-order valence-electron chi connectivity index (χ2n) is 3.44. The van der Waals surface area contributed by atoms with E-state index in [2.05, 4.69) is 42.4 Å². The van der Waals surface area contributed by atoms with Crippen LogP contribution in [0.1, 0.15) is 25.0 Å². The Bertz CT molecular complexity index is 305. The lowest BCUT2D eigenvalue weighted by Gasteiger charge is -2.07. The molecule has 0 saturated carbocycles. The molecule has 0 aliphatic rings. The van der Waals surface area contributed by atoms with Gasteiger partial charge in [-0.1, -0.05) is 37.1 Å². The van der Waals surface area contributed by atoms with E-state index in [1.807, 2.05) is 6.92 Å². The average molecular weight is 187 g/mol. The third-order valence-corrected chi connectivity index (χ3v) is 2.29. The van der Waals surface area contributed by atoms with Crippen molar-refractivity contribution in [1.82, 2.24) is 5.32 Å². The highest BCUT2D eigenvalue weighted by Crippen LogP contribution is 2.04. The van der Waals surface area contributed by atoms with Crippen molar-refractivity contribution in [3.63, 3.8) is 0 Å². The topological polar surface area (TPSA) is 12.0 Å². The van der Waals surface area contributed by atoms with Crippen molar-refractivity contribution < 1.29 is 0 Å². The Labute approximate surface area is 86.5 Å². The van der Waals surface area contributed by atoms with E-state index in [1.165, 1.54) is 11.1 Å². The molecular weight excluding hydrogens is 170 g/mol. The highest BCUT2D eigenvalue weighted by molar-refractivity contribution is 5.22. The minimum absolute atomic E-state index is 0.140. The molecule has 74 valence electrons. The summed E-state index contributed by atoms with van der Waals surface area (Å²) in [6.07, 6.45) is 6.36. The molecule has 0 heterocycles. The first-order chi connectivity index (χ1) is 6.76. The first-order valence-electron chi connectivity index (χ1n) is 5.03. The molecule has 1 aromatic carbocycles. The zero-order valence-electron chi connectivity index (χ0n) is 8.88. The molecular formula is C13H17N. The van der Waals surface area contributed by atoms with E-state index in [4.69, 9.17) is 6.42 Å². The number of hydrogen-bond acceptors (Lipinski definition) is 1. The van der Waals surface area contributed by atoms with Crippen LogP contribution < -0.4 is 5.32 Å². The summed E-state index contributed by atoms with van der Waals surface area (Å²) in [4.78, 5) is 0. The lowest BCUT2D eigenvalue weighted by Crippen LogP contribution is -2.23. The summed E-state index contributed by atoms with van der Waals surface area (Å²) in [6.45, 7) is 4.99. The van der Waals surface area contributed by atoms with Crippen molar-refractivity contribution in [1.29, 1.82) is 0 Å². The molecule has 0 fully saturated rings. The maximum atomic E-state index is 5.27. The number of benzene rings is 1. The molecule has 1 aromatic rings. The van der Waals surface area contributed by atoms with Gasteiger partial charge < -0.3 is 0 Å². The monoisotopic (exact) mass is 187 g/mol. The molecule has 1 nitrogen and oxygen atoms in total. The van der Waals surface area contributed by atoms with E-state index in [9.17, 15) is 0 Å². The molecule has 1 N–H and O–H groups in total. The molecule has 0 spiro atoms. The van der Waals surface area contributed by atoms with Gasteiger partial charge >= 0.3 is 0 Å². The van der Waals surface area contributed by atoms with Crippen LogP contribution >= 0.6 is 0 Å². The van der Waals surface area contributed by atoms with Crippen LogP contribution in [0.2, 0.25) is 0 Å². The number of nitrogens with one attached hydrogen (secondary N) is 1. The molecule has 0 bridgehead atoms. The minimum atomic E-state index is 0.140. The van der Waals surface area contributed by atoms with E-state index in [0.717, 1.165) is 13.0 Å². The van der Waals surface area contributed by atoms with E-state index in [-0.39, 0.29) is 6.04 Å². The Morgan fingerprint density at radius 2 is 1.86 bits per heavy atom. The van der Waals surface area contributed by atoms with E-state index in [1.54, 1.807) is 0 Å². The van der Waals surface area contributed by atoms with E-state index >= 15 is 0 Å². The van der Waals surface area contributed by atoms with Crippen molar-refractivity contribution in [2.24, 2.45) is 0 Å². The van der Waals surface area contributed by atoms with Gasteiger partial charge in [-0.2, -0.15) is 0 Å². The van der Waals surface area contributed by atoms with Gasteiger partial charge in [-0.05, 0) is 24.5 Å². The van der Waals surface area contributed by atoms with E-state index < -0.39 is 0 Å². The SMILES string of the molecule is C#CC(C)NCc1ccc(CC)cc1. The van der Waals surface area contributed by atoms with Crippen LogP contribution in [0.4, 0.5) is 0 Å². The highest BCUT2D eigenvalue weighted by Gasteiger charge is 1.96. The lowest BCUT2D eigenvalue weighted by atomic mass is 10.1. The van der Waals surface area contributed by atoms with E-state index in [0.29, 0.717) is 0 Å². The molecule has 0 aliphatic carbocycles. The molecule has 14 heavy (non-hydrogen) atoms. The minimum Gasteiger partial charge on any atom is -0.300 e. The molecule has 0 radical (unpaired) electrons. The first-order valence-corrected chi connectivity index (χ1v) is 5.03. The summed E-state index contributed by atoms with van der Waals surface area (Å²) in [5.41, 5.74) is 2.66. The van der Waals surface area contributed by atoms with Crippen molar-refractivity contribution in [2.75, 3.05) is 0 Å². The van der Waals surface area contributed by atoms with Crippen molar-refractivity contribution in [2.45, 2.75) is 32.9 Å². The van der Waals surface area contributed by atoms with Gasteiger partial charge in [-0.3, -0.25) is 5.32 Å². The van der Waals surface area contributed by atoms with Crippen LogP contribution in [0.3, 0.4) is 0 Å². The van der Waals surface area contributed by atoms with Gasteiger partial charge in [0.25, 0.3) is 0 Å². The second-order valence-corrected chi connectivity index (χ2v) is 3.44. The van der Waals surface area contributed by atoms with Crippen LogP contribution in [-0.2, 0) is 13.0 Å². The second kappa shape index (κ2) is 5.47. The Morgan fingerprint density at radius 3 is 2.36 bits per heavy atom. The third-order valence-electron chi connectivity index (χ3n) is 2.29. The highest BCUT2D eigenvalue weighted by atomic mass is 14.9. The number of rotatable bonds is 4. The van der Waals surface area contributed by atoms with Gasteiger partial charge in [0.05, 0.1) is 6.04 Å². The van der Waals surface area contributed by atoms with Crippen molar-refractivity contribution >= 4 is 0 Å². The molecule has 0 aromatic heterocycles. The normalized spacial score (nSPS) is 12.1. The maximum absolute atomic E-state index is 5.27. The van der Waals surface area contributed by atoms with Gasteiger partial charge in [0, 0.05) is 6.54 Å². The first kappa shape index (κ1) is 10.8. The summed E-state index contributed by atoms with van der Waals surface area (Å²) in [6, 6.07) is 8.76. The van der Waals surface area contributed by atoms with Crippen LogP contribution in [-0.4, -0.2) is 6.04 Å². The predicted molar refractivity (Wildman–Crippen MR) is 61.0 cm³/mol. The number of hydrogen-bond donors (Lipinski definition) is 1. The average Bonchev–Trinajstić information content (AvgIpc) is 2.26. The van der Waals surface area contributed by atoms with Crippen molar-refractivity contribution in [3.8, 4) is 12.3 Å². The maximum Gasteiger partial charge on any atom is 0.0660 e. The van der Waals surface area contributed by atoms with Crippen LogP contribution in [0.15, 0.2) is 24.3 Å². The standard InChI is InChI=1S/C13H17N/c1-4-11(3)14-10-13-8-6-12(5-2)7-9-13/h1,6-9,11,14H,5,10H2,2-3H3. The summed E-state index contributed by atoms with van der Waals surface area (Å²) in [5.74, 6) is 2.65. The van der Waals surface area contributed by atoms with Crippen molar-refractivity contribution in [3.05, 3.63) is 35.4 Å². The quantitative estimate of drug-likeness (QED) is 0.713. The predicted octanol–water partition coefficient (Wildman–Crippen LogP) is 2.36. The molecule has 1 rings (SSSR count). The number of terminal acetylenes is 1. The molecule has 1 heteroatoms. The van der Waals surface area contributed by atoms with Gasteiger partial charge in [-0.15, -0.1) is 6.42 Å². The third kappa shape index (κ3) is 3.24. The Hall–Kier alpha value is -1.26. The fourth-order valence-electron chi connectivity index (χ4n) is 1.22. The van der Waals surface area contributed by atoms with Crippen LogP contribution in [0.25, 0.3) is 0 Å². The summed E-state index contributed by atoms with van der Waals surface area (Å²) < 4.78 is 0. The molecule has 0 amide bonds.